The Hall–Kier alpha value is 0.868. The first-order chi connectivity index (χ1) is 4.06. The van der Waals surface area contributed by atoms with Gasteiger partial charge in [0.15, 0.2) is 0 Å². The molecular formula is C5H20Si4. The lowest BCUT2D eigenvalue weighted by molar-refractivity contribution is 1.64. The zero-order valence-corrected chi connectivity index (χ0v) is 12.6. The Balaban J connectivity index is 3.07. The van der Waals surface area contributed by atoms with Crippen LogP contribution < -0.4 is 0 Å². The molecule has 0 fully saturated rings. The first-order valence-electron chi connectivity index (χ1n) is 4.06. The molecule has 0 nitrogen and oxygen atoms in total. The molecule has 0 aliphatic carbocycles. The van der Waals surface area contributed by atoms with Crippen LogP contribution in [-0.4, -0.2) is 34.7 Å². The first kappa shape index (κ1) is 9.87. The van der Waals surface area contributed by atoms with Crippen molar-refractivity contribution in [3.63, 3.8) is 0 Å². The molecule has 0 aromatic heterocycles. The van der Waals surface area contributed by atoms with E-state index in [9.17, 15) is 0 Å². The van der Waals surface area contributed by atoms with Crippen molar-refractivity contribution in [3.8, 4) is 0 Å². The van der Waals surface area contributed by atoms with Crippen molar-refractivity contribution in [3.05, 3.63) is 0 Å². The third kappa shape index (κ3) is 8.87. The van der Waals surface area contributed by atoms with Crippen LogP contribution in [0.3, 0.4) is 0 Å². The predicted octanol–water partition coefficient (Wildman–Crippen LogP) is -0.333. The van der Waals surface area contributed by atoms with Crippen molar-refractivity contribution in [2.75, 3.05) is 0 Å². The fraction of sp³-hybridized carbons (Fsp3) is 1.00. The second-order valence-electron chi connectivity index (χ2n) is 4.02. The van der Waals surface area contributed by atoms with E-state index in [1.54, 1.807) is 5.67 Å². The summed E-state index contributed by atoms with van der Waals surface area (Å²) < 4.78 is 0. The van der Waals surface area contributed by atoms with E-state index in [0.717, 1.165) is 0 Å². The molecular weight excluding hydrogens is 172 g/mol. The van der Waals surface area contributed by atoms with E-state index in [4.69, 9.17) is 0 Å². The van der Waals surface area contributed by atoms with Gasteiger partial charge in [-0.3, -0.25) is 0 Å². The minimum absolute atomic E-state index is 0.568. The van der Waals surface area contributed by atoms with Crippen molar-refractivity contribution in [1.29, 1.82) is 0 Å². The van der Waals surface area contributed by atoms with Crippen LogP contribution >= 0.6 is 0 Å². The molecule has 0 spiro atoms. The molecule has 56 valence electrons. The predicted molar refractivity (Wildman–Crippen MR) is 59.6 cm³/mol. The normalized spacial score (nSPS) is 16.0. The van der Waals surface area contributed by atoms with Gasteiger partial charge in [0.1, 0.15) is 0 Å². The second kappa shape index (κ2) is 4.65. The summed E-state index contributed by atoms with van der Waals surface area (Å²) in [5.41, 5.74) is 1.75. The van der Waals surface area contributed by atoms with E-state index in [-0.39, 0.29) is 0 Å². The molecule has 0 saturated heterocycles. The lowest BCUT2D eigenvalue weighted by Crippen LogP contribution is -2.26. The van der Waals surface area contributed by atoms with Crippen LogP contribution in [0.1, 0.15) is 0 Å². The molecule has 0 aliphatic heterocycles. The van der Waals surface area contributed by atoms with Crippen LogP contribution in [0.5, 0.6) is 0 Å². The van der Waals surface area contributed by atoms with Gasteiger partial charge in [0.25, 0.3) is 0 Å². The Kier molecular flexibility index (Phi) is 5.10. The van der Waals surface area contributed by atoms with Gasteiger partial charge in [0, 0.05) is 26.1 Å². The standard InChI is InChI=1S/C5H20Si4/c1-6-8-7-5-9(2,3)4/h5-8H2,1-4H3. The van der Waals surface area contributed by atoms with Crippen LogP contribution in [0.25, 0.3) is 0 Å². The topological polar surface area (TPSA) is 0 Å². The molecule has 4 heteroatoms. The summed E-state index contributed by atoms with van der Waals surface area (Å²) in [4.78, 5) is 0. The Morgan fingerprint density at radius 3 is 2.11 bits per heavy atom. The molecule has 0 aromatic carbocycles. The van der Waals surface area contributed by atoms with Crippen LogP contribution in [-0.2, 0) is 0 Å². The minimum atomic E-state index is -0.576. The molecule has 0 amide bonds. The summed E-state index contributed by atoms with van der Waals surface area (Å²) in [6.07, 6.45) is 0. The van der Waals surface area contributed by atoms with E-state index in [0.29, 0.717) is 26.6 Å². The van der Waals surface area contributed by atoms with Crippen LogP contribution in [0.4, 0.5) is 0 Å². The van der Waals surface area contributed by atoms with E-state index in [1.807, 2.05) is 0 Å². The highest BCUT2D eigenvalue weighted by Crippen LogP contribution is 2.04. The number of hydrogen-bond acceptors (Lipinski definition) is 0. The van der Waals surface area contributed by atoms with Crippen molar-refractivity contribution < 1.29 is 0 Å². The number of rotatable bonds is 4. The Bertz CT molecular complexity index is 65.8. The lowest BCUT2D eigenvalue weighted by Gasteiger charge is -2.13. The lowest BCUT2D eigenvalue weighted by atomic mass is 11.8. The fourth-order valence-corrected chi connectivity index (χ4v) is 31.2. The van der Waals surface area contributed by atoms with E-state index < -0.39 is 8.07 Å². The summed E-state index contributed by atoms with van der Waals surface area (Å²) in [6.45, 7) is 10.1. The molecule has 9 heavy (non-hydrogen) atoms. The van der Waals surface area contributed by atoms with Gasteiger partial charge in [0.05, 0.1) is 0 Å². The van der Waals surface area contributed by atoms with Gasteiger partial charge in [-0.1, -0.05) is 31.9 Å². The van der Waals surface area contributed by atoms with E-state index in [1.165, 1.54) is 0 Å². The fourth-order valence-electron chi connectivity index (χ4n) is 0.905. The van der Waals surface area contributed by atoms with Crippen molar-refractivity contribution >= 4 is 34.7 Å². The molecule has 0 aromatic rings. The third-order valence-electron chi connectivity index (χ3n) is 1.53. The van der Waals surface area contributed by atoms with Crippen molar-refractivity contribution in [2.45, 2.75) is 31.9 Å². The third-order valence-corrected chi connectivity index (χ3v) is 27.8. The summed E-state index contributed by atoms with van der Waals surface area (Å²) >= 11 is 0. The first-order valence-corrected chi connectivity index (χ1v) is 18.2. The summed E-state index contributed by atoms with van der Waals surface area (Å²) in [5.74, 6) is 0. The maximum atomic E-state index is 2.52. The van der Waals surface area contributed by atoms with E-state index >= 15 is 0 Å². The average Bonchev–Trinajstić information content (AvgIpc) is 1.63. The molecule has 0 heterocycles. The molecule has 0 N–H and O–H groups in total. The second-order valence-corrected chi connectivity index (χ2v) is 27.2. The van der Waals surface area contributed by atoms with Crippen LogP contribution in [0.2, 0.25) is 31.9 Å². The number of hydrogen-bond donors (Lipinski definition) is 0. The minimum Gasteiger partial charge on any atom is -0.0773 e. The van der Waals surface area contributed by atoms with Crippen LogP contribution in [0.15, 0.2) is 0 Å². The highest BCUT2D eigenvalue weighted by molar-refractivity contribution is 7.30. The summed E-state index contributed by atoms with van der Waals surface area (Å²) in [7, 11) is 1.22. The molecule has 0 rings (SSSR count). The van der Waals surface area contributed by atoms with Gasteiger partial charge in [-0.2, -0.15) is 0 Å². The maximum absolute atomic E-state index is 2.52. The zero-order valence-electron chi connectivity index (χ0n) is 7.33. The van der Waals surface area contributed by atoms with Crippen molar-refractivity contribution in [2.24, 2.45) is 0 Å². The van der Waals surface area contributed by atoms with Gasteiger partial charge in [0.2, 0.25) is 0 Å². The molecule has 0 atom stereocenters. The van der Waals surface area contributed by atoms with Gasteiger partial charge in [-0.25, -0.2) is 0 Å². The quantitative estimate of drug-likeness (QED) is 0.423. The monoisotopic (exact) mass is 192 g/mol. The van der Waals surface area contributed by atoms with Gasteiger partial charge in [-0.05, 0) is 8.55 Å². The Morgan fingerprint density at radius 1 is 1.22 bits per heavy atom. The molecule has 0 saturated carbocycles. The molecule has 0 unspecified atom stereocenters. The van der Waals surface area contributed by atoms with Crippen LogP contribution in [0, 0.1) is 0 Å². The summed E-state index contributed by atoms with van der Waals surface area (Å²) in [6, 6.07) is 0. The Labute approximate surface area is 66.9 Å². The van der Waals surface area contributed by atoms with Gasteiger partial charge in [-0.15, -0.1) is 0 Å². The Morgan fingerprint density at radius 2 is 1.78 bits per heavy atom. The highest BCUT2D eigenvalue weighted by Gasteiger charge is 2.11. The van der Waals surface area contributed by atoms with Gasteiger partial charge < -0.3 is 0 Å². The smallest absolute Gasteiger partial charge is 0.0409 e. The zero-order chi connectivity index (χ0) is 7.33. The van der Waals surface area contributed by atoms with Gasteiger partial charge >= 0.3 is 0 Å². The molecule has 0 radical (unpaired) electrons. The van der Waals surface area contributed by atoms with E-state index in [2.05, 4.69) is 26.2 Å². The maximum Gasteiger partial charge on any atom is 0.0409 e. The summed E-state index contributed by atoms with van der Waals surface area (Å²) in [5, 5.41) is 0. The average molecular weight is 193 g/mol. The van der Waals surface area contributed by atoms with Crippen molar-refractivity contribution in [1.82, 2.24) is 0 Å². The SMILES string of the molecule is C[SiH2][SiH2][SiH2]C[Si](C)(C)C. The molecule has 0 bridgehead atoms. The highest BCUT2D eigenvalue weighted by atomic mass is 29.5. The largest absolute Gasteiger partial charge is 0.0773 e. The molecule has 0 aliphatic rings.